The summed E-state index contributed by atoms with van der Waals surface area (Å²) in [5.41, 5.74) is 17.5. The highest BCUT2D eigenvalue weighted by Gasteiger charge is 2.08. The lowest BCUT2D eigenvalue weighted by molar-refractivity contribution is 0.596. The summed E-state index contributed by atoms with van der Waals surface area (Å²) in [5.74, 6) is 0. The molecule has 0 aliphatic carbocycles. The van der Waals surface area contributed by atoms with E-state index in [9.17, 15) is 0 Å². The zero-order valence-corrected chi connectivity index (χ0v) is 19.0. The summed E-state index contributed by atoms with van der Waals surface area (Å²) in [7, 11) is 0. The van der Waals surface area contributed by atoms with Crippen molar-refractivity contribution >= 4 is 11.4 Å². The summed E-state index contributed by atoms with van der Waals surface area (Å²) in [5, 5.41) is 0. The minimum atomic E-state index is 0.777. The molecule has 28 heavy (non-hydrogen) atoms. The van der Waals surface area contributed by atoms with E-state index < -0.39 is 0 Å². The predicted molar refractivity (Wildman–Crippen MR) is 128 cm³/mol. The molecule has 0 atom stereocenters. The van der Waals surface area contributed by atoms with Gasteiger partial charge in [-0.2, -0.15) is 0 Å². The summed E-state index contributed by atoms with van der Waals surface area (Å²) < 4.78 is 0. The second-order valence-corrected chi connectivity index (χ2v) is 8.49. The van der Waals surface area contributed by atoms with Crippen molar-refractivity contribution in [2.24, 2.45) is 0 Å². The van der Waals surface area contributed by atoms with Crippen LogP contribution in [0.1, 0.15) is 114 Å². The summed E-state index contributed by atoms with van der Waals surface area (Å²) in [6.45, 7) is 6.45. The second kappa shape index (κ2) is 15.5. The number of aryl methyl sites for hydroxylation is 2. The number of allylic oxidation sites excluding steroid dienone is 2. The lowest BCUT2D eigenvalue weighted by Gasteiger charge is -2.13. The summed E-state index contributed by atoms with van der Waals surface area (Å²) in [6.07, 6.45) is 24.7. The third-order valence-electron chi connectivity index (χ3n) is 5.98. The molecule has 0 spiro atoms. The van der Waals surface area contributed by atoms with Crippen LogP contribution in [-0.4, -0.2) is 0 Å². The Morgan fingerprint density at radius 2 is 1.18 bits per heavy atom. The second-order valence-electron chi connectivity index (χ2n) is 8.49. The fourth-order valence-corrected chi connectivity index (χ4v) is 3.80. The Labute approximate surface area is 175 Å². The van der Waals surface area contributed by atoms with Gasteiger partial charge in [0.25, 0.3) is 0 Å². The average Bonchev–Trinajstić information content (AvgIpc) is 2.69. The van der Waals surface area contributed by atoms with Crippen molar-refractivity contribution in [2.45, 2.75) is 117 Å². The third kappa shape index (κ3) is 10.2. The molecule has 0 aliphatic rings. The first-order valence-corrected chi connectivity index (χ1v) is 11.9. The van der Waals surface area contributed by atoms with E-state index in [1.165, 1.54) is 101 Å². The summed E-state index contributed by atoms with van der Waals surface area (Å²) >= 11 is 0. The highest BCUT2D eigenvalue weighted by Crippen LogP contribution is 2.28. The van der Waals surface area contributed by atoms with Crippen molar-refractivity contribution in [3.05, 3.63) is 34.9 Å². The number of benzene rings is 1. The number of nitrogens with two attached hydrogens (primary N) is 2. The van der Waals surface area contributed by atoms with Crippen LogP contribution in [0.5, 0.6) is 0 Å². The molecule has 0 aliphatic heterocycles. The molecular formula is C26H46N2. The molecule has 0 fully saturated rings. The average molecular weight is 387 g/mol. The first kappa shape index (κ1) is 24.6. The topological polar surface area (TPSA) is 52.0 Å². The Kier molecular flexibility index (Phi) is 13.6. The molecule has 160 valence electrons. The van der Waals surface area contributed by atoms with Gasteiger partial charge >= 0.3 is 0 Å². The molecule has 1 aromatic rings. The van der Waals surface area contributed by atoms with Gasteiger partial charge in [0, 0.05) is 0 Å². The van der Waals surface area contributed by atoms with Crippen molar-refractivity contribution in [2.75, 3.05) is 11.5 Å². The quantitative estimate of drug-likeness (QED) is 0.171. The standard InChI is InChI=1S/C26H46N2/c1-4-5-6-7-8-9-10-11-12-13-14-15-16-17-18-19-20-24-21-22(2)23(3)25(27)26(24)28/h11-12,21H,4-10,13-20,27-28H2,1-3H3/b12-11-. The van der Waals surface area contributed by atoms with Gasteiger partial charge < -0.3 is 11.5 Å². The molecule has 4 N–H and O–H groups in total. The molecule has 1 aromatic carbocycles. The zero-order chi connectivity index (χ0) is 20.6. The van der Waals surface area contributed by atoms with Crippen LogP contribution in [0.3, 0.4) is 0 Å². The van der Waals surface area contributed by atoms with Crippen LogP contribution in [0.25, 0.3) is 0 Å². The number of rotatable bonds is 16. The Hall–Kier alpha value is -1.44. The SMILES string of the molecule is CCCCCCCC/C=C\CCCCCCCCc1cc(C)c(C)c(N)c1N. The van der Waals surface area contributed by atoms with Crippen molar-refractivity contribution < 1.29 is 0 Å². The van der Waals surface area contributed by atoms with E-state index in [1.807, 2.05) is 0 Å². The monoisotopic (exact) mass is 386 g/mol. The van der Waals surface area contributed by atoms with Crippen LogP contribution in [0.15, 0.2) is 18.2 Å². The lowest BCUT2D eigenvalue weighted by Crippen LogP contribution is -2.04. The molecule has 2 nitrogen and oxygen atoms in total. The lowest BCUT2D eigenvalue weighted by atomic mass is 9.97. The molecule has 0 saturated heterocycles. The first-order valence-electron chi connectivity index (χ1n) is 11.9. The largest absolute Gasteiger partial charge is 0.397 e. The first-order chi connectivity index (χ1) is 13.6. The van der Waals surface area contributed by atoms with Gasteiger partial charge in [-0.15, -0.1) is 0 Å². The maximum Gasteiger partial charge on any atom is 0.0583 e. The van der Waals surface area contributed by atoms with E-state index in [0.29, 0.717) is 0 Å². The van der Waals surface area contributed by atoms with E-state index >= 15 is 0 Å². The molecule has 0 aromatic heterocycles. The van der Waals surface area contributed by atoms with Gasteiger partial charge in [0.1, 0.15) is 0 Å². The molecule has 0 saturated carbocycles. The molecule has 0 radical (unpaired) electrons. The van der Waals surface area contributed by atoms with Crippen molar-refractivity contribution in [1.29, 1.82) is 0 Å². The van der Waals surface area contributed by atoms with Crippen LogP contribution in [0, 0.1) is 13.8 Å². The van der Waals surface area contributed by atoms with E-state index in [4.69, 9.17) is 11.5 Å². The van der Waals surface area contributed by atoms with Crippen LogP contribution in [-0.2, 0) is 6.42 Å². The molecule has 1 rings (SSSR count). The van der Waals surface area contributed by atoms with E-state index in [2.05, 4.69) is 39.0 Å². The Bertz CT molecular complexity index is 560. The summed E-state index contributed by atoms with van der Waals surface area (Å²) in [4.78, 5) is 0. The number of hydrogen-bond donors (Lipinski definition) is 2. The number of hydrogen-bond acceptors (Lipinski definition) is 2. The van der Waals surface area contributed by atoms with Gasteiger partial charge in [0.05, 0.1) is 11.4 Å². The normalized spacial score (nSPS) is 11.5. The van der Waals surface area contributed by atoms with Gasteiger partial charge in [-0.3, -0.25) is 0 Å². The van der Waals surface area contributed by atoms with E-state index in [1.54, 1.807) is 0 Å². The Morgan fingerprint density at radius 1 is 0.679 bits per heavy atom. The van der Waals surface area contributed by atoms with E-state index in [-0.39, 0.29) is 0 Å². The maximum absolute atomic E-state index is 6.19. The summed E-state index contributed by atoms with van der Waals surface area (Å²) in [6, 6.07) is 2.22. The number of unbranched alkanes of at least 4 members (excludes halogenated alkanes) is 12. The number of anilines is 2. The van der Waals surface area contributed by atoms with Gasteiger partial charge in [0.2, 0.25) is 0 Å². The van der Waals surface area contributed by atoms with Crippen LogP contribution < -0.4 is 11.5 Å². The minimum absolute atomic E-state index is 0.777. The molecule has 0 unspecified atom stereocenters. The fourth-order valence-electron chi connectivity index (χ4n) is 3.80. The van der Waals surface area contributed by atoms with Crippen molar-refractivity contribution in [3.63, 3.8) is 0 Å². The van der Waals surface area contributed by atoms with Gasteiger partial charge in [-0.1, -0.05) is 82.9 Å². The van der Waals surface area contributed by atoms with Crippen LogP contribution in [0.4, 0.5) is 11.4 Å². The molecule has 0 heterocycles. The van der Waals surface area contributed by atoms with Crippen LogP contribution in [0.2, 0.25) is 0 Å². The zero-order valence-electron chi connectivity index (χ0n) is 19.0. The van der Waals surface area contributed by atoms with E-state index in [0.717, 1.165) is 23.4 Å². The molecular weight excluding hydrogens is 340 g/mol. The third-order valence-corrected chi connectivity index (χ3v) is 5.98. The highest BCUT2D eigenvalue weighted by molar-refractivity contribution is 5.72. The molecule has 2 heteroatoms. The van der Waals surface area contributed by atoms with Crippen molar-refractivity contribution in [1.82, 2.24) is 0 Å². The Balaban J connectivity index is 1.97. The smallest absolute Gasteiger partial charge is 0.0583 e. The van der Waals surface area contributed by atoms with Gasteiger partial charge in [-0.25, -0.2) is 0 Å². The predicted octanol–water partition coefficient (Wildman–Crippen LogP) is 8.05. The minimum Gasteiger partial charge on any atom is -0.397 e. The number of nitrogen functional groups attached to an aromatic ring is 2. The van der Waals surface area contributed by atoms with Gasteiger partial charge in [0.15, 0.2) is 0 Å². The molecule has 0 bridgehead atoms. The van der Waals surface area contributed by atoms with Gasteiger partial charge in [-0.05, 0) is 69.1 Å². The van der Waals surface area contributed by atoms with Crippen molar-refractivity contribution in [3.8, 4) is 0 Å². The Morgan fingerprint density at radius 3 is 1.75 bits per heavy atom. The fraction of sp³-hybridized carbons (Fsp3) is 0.692. The maximum atomic E-state index is 6.19. The molecule has 0 amide bonds. The van der Waals surface area contributed by atoms with Crippen LogP contribution >= 0.6 is 0 Å². The highest BCUT2D eigenvalue weighted by atomic mass is 14.7.